The van der Waals surface area contributed by atoms with E-state index in [0.717, 1.165) is 24.9 Å². The lowest BCUT2D eigenvalue weighted by atomic mass is 9.97. The van der Waals surface area contributed by atoms with Crippen LogP contribution in [-0.4, -0.2) is 48.0 Å². The molecule has 3 nitrogen and oxygen atoms in total. The van der Waals surface area contributed by atoms with Gasteiger partial charge in [-0.05, 0) is 50.7 Å². The van der Waals surface area contributed by atoms with Crippen molar-refractivity contribution in [3.05, 3.63) is 0 Å². The van der Waals surface area contributed by atoms with Crippen LogP contribution in [0.1, 0.15) is 40.0 Å². The number of thioether (sulfide) groups is 1. The molecule has 0 radical (unpaired) electrons. The summed E-state index contributed by atoms with van der Waals surface area (Å²) in [6, 6.07) is 0. The standard InChI is InChI=1S/C15H29N3S/c1-4-18-7-5-13(6-8-18)10-16-15-17-11-14(19-15)9-12(2)3/h12-14H,4-11H2,1-3H3,(H,16,17). The molecule has 110 valence electrons. The molecule has 2 rings (SSSR count). The second kappa shape index (κ2) is 7.53. The van der Waals surface area contributed by atoms with Crippen LogP contribution >= 0.6 is 11.8 Å². The number of nitrogens with zero attached hydrogens (tertiary/aromatic N) is 2. The first-order valence-electron chi connectivity index (χ1n) is 7.84. The zero-order valence-electron chi connectivity index (χ0n) is 12.7. The van der Waals surface area contributed by atoms with Crippen molar-refractivity contribution in [3.63, 3.8) is 0 Å². The van der Waals surface area contributed by atoms with Gasteiger partial charge in [0.2, 0.25) is 0 Å². The second-order valence-electron chi connectivity index (χ2n) is 6.27. The molecule has 0 aromatic heterocycles. The highest BCUT2D eigenvalue weighted by molar-refractivity contribution is 8.14. The lowest BCUT2D eigenvalue weighted by molar-refractivity contribution is 0.193. The predicted molar refractivity (Wildman–Crippen MR) is 86.0 cm³/mol. The third kappa shape index (κ3) is 4.99. The van der Waals surface area contributed by atoms with Crippen LogP contribution in [0.3, 0.4) is 0 Å². The van der Waals surface area contributed by atoms with E-state index in [4.69, 9.17) is 0 Å². The number of rotatable bonds is 5. The van der Waals surface area contributed by atoms with Gasteiger partial charge in [-0.2, -0.15) is 0 Å². The van der Waals surface area contributed by atoms with Gasteiger partial charge in [-0.25, -0.2) is 0 Å². The SMILES string of the molecule is CCN1CCC(CNC2=NCC(CC(C)C)S2)CC1. The van der Waals surface area contributed by atoms with Gasteiger partial charge in [-0.15, -0.1) is 0 Å². The Morgan fingerprint density at radius 1 is 1.37 bits per heavy atom. The smallest absolute Gasteiger partial charge is 0.156 e. The molecule has 0 spiro atoms. The monoisotopic (exact) mass is 283 g/mol. The summed E-state index contributed by atoms with van der Waals surface area (Å²) in [4.78, 5) is 7.20. The van der Waals surface area contributed by atoms with Gasteiger partial charge in [0.25, 0.3) is 0 Å². The average molecular weight is 283 g/mol. The Morgan fingerprint density at radius 3 is 2.74 bits per heavy atom. The van der Waals surface area contributed by atoms with Crippen molar-refractivity contribution in [1.82, 2.24) is 10.2 Å². The van der Waals surface area contributed by atoms with E-state index in [2.05, 4.69) is 36.0 Å². The van der Waals surface area contributed by atoms with E-state index in [1.807, 2.05) is 11.8 Å². The molecule has 0 bridgehead atoms. The van der Waals surface area contributed by atoms with Crippen molar-refractivity contribution < 1.29 is 0 Å². The molecule has 4 heteroatoms. The van der Waals surface area contributed by atoms with Gasteiger partial charge < -0.3 is 10.2 Å². The molecule has 1 unspecified atom stereocenters. The zero-order valence-corrected chi connectivity index (χ0v) is 13.5. The Hall–Kier alpha value is -0.220. The van der Waals surface area contributed by atoms with Gasteiger partial charge in [-0.3, -0.25) is 4.99 Å². The number of amidine groups is 1. The molecule has 0 saturated carbocycles. The van der Waals surface area contributed by atoms with Gasteiger partial charge in [0.05, 0.1) is 6.54 Å². The van der Waals surface area contributed by atoms with Gasteiger partial charge in [0.15, 0.2) is 5.17 Å². The maximum atomic E-state index is 4.64. The lowest BCUT2D eigenvalue weighted by Gasteiger charge is -2.31. The molecule has 1 N–H and O–H groups in total. The van der Waals surface area contributed by atoms with E-state index in [9.17, 15) is 0 Å². The molecular weight excluding hydrogens is 254 g/mol. The molecule has 0 amide bonds. The summed E-state index contributed by atoms with van der Waals surface area (Å²) in [5.74, 6) is 1.63. The molecular formula is C15H29N3S. The fourth-order valence-corrected chi connectivity index (χ4v) is 4.16. The van der Waals surface area contributed by atoms with Gasteiger partial charge in [0.1, 0.15) is 0 Å². The zero-order chi connectivity index (χ0) is 13.7. The van der Waals surface area contributed by atoms with Gasteiger partial charge >= 0.3 is 0 Å². The van der Waals surface area contributed by atoms with Crippen LogP contribution in [0.5, 0.6) is 0 Å². The third-order valence-electron chi connectivity index (χ3n) is 4.15. The molecule has 2 aliphatic heterocycles. The lowest BCUT2D eigenvalue weighted by Crippen LogP contribution is -2.37. The van der Waals surface area contributed by atoms with E-state index in [-0.39, 0.29) is 0 Å². The molecule has 1 saturated heterocycles. The number of nitrogens with one attached hydrogen (secondary N) is 1. The fraction of sp³-hybridized carbons (Fsp3) is 0.933. The minimum atomic E-state index is 0.712. The van der Waals surface area contributed by atoms with Crippen molar-refractivity contribution in [2.24, 2.45) is 16.8 Å². The molecule has 2 aliphatic rings. The van der Waals surface area contributed by atoms with Crippen LogP contribution in [-0.2, 0) is 0 Å². The van der Waals surface area contributed by atoms with Crippen LogP contribution < -0.4 is 5.32 Å². The van der Waals surface area contributed by atoms with Crippen molar-refractivity contribution in [2.75, 3.05) is 32.7 Å². The quantitative estimate of drug-likeness (QED) is 0.841. The largest absolute Gasteiger partial charge is 0.365 e. The first-order chi connectivity index (χ1) is 9.17. The number of hydrogen-bond acceptors (Lipinski definition) is 4. The highest BCUT2D eigenvalue weighted by atomic mass is 32.2. The summed E-state index contributed by atoms with van der Waals surface area (Å²) in [5.41, 5.74) is 0. The van der Waals surface area contributed by atoms with E-state index < -0.39 is 0 Å². The van der Waals surface area contributed by atoms with Crippen molar-refractivity contribution in [1.29, 1.82) is 0 Å². The number of aliphatic imine (C=N–C) groups is 1. The summed E-state index contributed by atoms with van der Waals surface area (Å²) in [6.45, 7) is 12.8. The Bertz CT molecular complexity index is 296. The van der Waals surface area contributed by atoms with E-state index in [0.29, 0.717) is 5.25 Å². The molecule has 0 aliphatic carbocycles. The summed E-state index contributed by atoms with van der Waals surface area (Å²) in [6.07, 6.45) is 3.97. The number of likely N-dealkylation sites (tertiary alicyclic amines) is 1. The van der Waals surface area contributed by atoms with E-state index in [1.165, 1.54) is 44.1 Å². The Morgan fingerprint density at radius 2 is 2.11 bits per heavy atom. The average Bonchev–Trinajstić information content (AvgIpc) is 2.84. The van der Waals surface area contributed by atoms with Crippen molar-refractivity contribution in [3.8, 4) is 0 Å². The molecule has 19 heavy (non-hydrogen) atoms. The summed E-state index contributed by atoms with van der Waals surface area (Å²) in [7, 11) is 0. The van der Waals surface area contributed by atoms with Crippen LogP contribution in [0.2, 0.25) is 0 Å². The van der Waals surface area contributed by atoms with Crippen LogP contribution in [0.25, 0.3) is 0 Å². The van der Waals surface area contributed by atoms with E-state index in [1.54, 1.807) is 0 Å². The van der Waals surface area contributed by atoms with Crippen molar-refractivity contribution >= 4 is 16.9 Å². The third-order valence-corrected chi connectivity index (χ3v) is 5.32. The molecule has 1 atom stereocenters. The molecule has 2 heterocycles. The highest BCUT2D eigenvalue weighted by Gasteiger charge is 2.22. The van der Waals surface area contributed by atoms with Gasteiger partial charge in [-0.1, -0.05) is 32.5 Å². The predicted octanol–water partition coefficient (Wildman–Crippen LogP) is 2.83. The summed E-state index contributed by atoms with van der Waals surface area (Å²) in [5, 5.41) is 5.49. The Kier molecular flexibility index (Phi) is 6.02. The fourth-order valence-electron chi connectivity index (χ4n) is 2.90. The Balaban J connectivity index is 1.62. The second-order valence-corrected chi connectivity index (χ2v) is 7.56. The Labute approximate surface area is 122 Å². The normalized spacial score (nSPS) is 25.9. The van der Waals surface area contributed by atoms with Crippen LogP contribution in [0.4, 0.5) is 0 Å². The minimum absolute atomic E-state index is 0.712. The van der Waals surface area contributed by atoms with Crippen molar-refractivity contribution in [2.45, 2.75) is 45.3 Å². The first kappa shape index (κ1) is 15.2. The minimum Gasteiger partial charge on any atom is -0.365 e. The van der Waals surface area contributed by atoms with Crippen LogP contribution in [0, 0.1) is 11.8 Å². The summed E-state index contributed by atoms with van der Waals surface area (Å²) >= 11 is 1.96. The first-order valence-corrected chi connectivity index (χ1v) is 8.72. The summed E-state index contributed by atoms with van der Waals surface area (Å²) < 4.78 is 0. The molecule has 0 aromatic rings. The molecule has 0 aromatic carbocycles. The maximum absolute atomic E-state index is 4.64. The topological polar surface area (TPSA) is 27.6 Å². The number of hydrogen-bond donors (Lipinski definition) is 1. The molecule has 1 fully saturated rings. The highest BCUT2D eigenvalue weighted by Crippen LogP contribution is 2.26. The number of piperidine rings is 1. The van der Waals surface area contributed by atoms with E-state index >= 15 is 0 Å². The van der Waals surface area contributed by atoms with Gasteiger partial charge in [0, 0.05) is 11.8 Å². The van der Waals surface area contributed by atoms with Crippen LogP contribution in [0.15, 0.2) is 4.99 Å². The maximum Gasteiger partial charge on any atom is 0.156 e.